The molecule has 1 aliphatic carbocycles. The third-order valence-electron chi connectivity index (χ3n) is 2.88. The average Bonchev–Trinajstić information content (AvgIpc) is 2.90. The number of thiophene rings is 1. The lowest BCUT2D eigenvalue weighted by molar-refractivity contribution is 0.468. The fraction of sp³-hybridized carbons (Fsp3) is 0.667. The quantitative estimate of drug-likeness (QED) is 0.803. The smallest absolute Gasteiger partial charge is 0.0931 e. The van der Waals surface area contributed by atoms with Gasteiger partial charge in [0.1, 0.15) is 0 Å². The van der Waals surface area contributed by atoms with E-state index in [-0.39, 0.29) is 0 Å². The summed E-state index contributed by atoms with van der Waals surface area (Å²) >= 11 is 7.65. The molecule has 1 nitrogen and oxygen atoms in total. The summed E-state index contributed by atoms with van der Waals surface area (Å²) < 4.78 is 0.909. The Labute approximate surface area is 101 Å². The van der Waals surface area contributed by atoms with Crippen LogP contribution < -0.4 is 5.32 Å². The highest BCUT2D eigenvalue weighted by Crippen LogP contribution is 2.34. The summed E-state index contributed by atoms with van der Waals surface area (Å²) in [4.78, 5) is 1.41. The first-order valence-electron chi connectivity index (χ1n) is 5.75. The molecule has 15 heavy (non-hydrogen) atoms. The molecule has 0 spiro atoms. The first-order valence-corrected chi connectivity index (χ1v) is 6.95. The van der Waals surface area contributed by atoms with Gasteiger partial charge >= 0.3 is 0 Å². The third-order valence-corrected chi connectivity index (χ3v) is 4.14. The molecule has 0 radical (unpaired) electrons. The van der Waals surface area contributed by atoms with Crippen molar-refractivity contribution in [2.45, 2.75) is 38.6 Å². The van der Waals surface area contributed by atoms with Gasteiger partial charge in [-0.2, -0.15) is 0 Å². The number of rotatable bonds is 6. The normalized spacial score (nSPS) is 18.0. The van der Waals surface area contributed by atoms with E-state index in [0.717, 1.165) is 23.2 Å². The van der Waals surface area contributed by atoms with E-state index in [0.29, 0.717) is 6.04 Å². The van der Waals surface area contributed by atoms with E-state index in [1.165, 1.54) is 24.1 Å². The molecule has 0 saturated heterocycles. The van der Waals surface area contributed by atoms with Crippen molar-refractivity contribution in [3.63, 3.8) is 0 Å². The molecule has 1 aliphatic rings. The zero-order chi connectivity index (χ0) is 10.7. The lowest BCUT2D eigenvalue weighted by Crippen LogP contribution is -2.31. The van der Waals surface area contributed by atoms with Crippen LogP contribution >= 0.6 is 22.9 Å². The Hall–Kier alpha value is -0.0500. The largest absolute Gasteiger partial charge is 0.314 e. The monoisotopic (exact) mass is 243 g/mol. The molecule has 1 saturated carbocycles. The average molecular weight is 244 g/mol. The van der Waals surface area contributed by atoms with Gasteiger partial charge in [0, 0.05) is 10.9 Å². The van der Waals surface area contributed by atoms with E-state index in [2.05, 4.69) is 18.3 Å². The van der Waals surface area contributed by atoms with Crippen LogP contribution in [0.2, 0.25) is 4.34 Å². The molecule has 1 aromatic rings. The molecule has 0 amide bonds. The van der Waals surface area contributed by atoms with Crippen LogP contribution in [0.4, 0.5) is 0 Å². The molecule has 1 fully saturated rings. The van der Waals surface area contributed by atoms with E-state index in [4.69, 9.17) is 11.6 Å². The van der Waals surface area contributed by atoms with Crippen molar-refractivity contribution in [2.24, 2.45) is 5.92 Å². The van der Waals surface area contributed by atoms with Gasteiger partial charge in [0.15, 0.2) is 0 Å². The molecule has 1 N–H and O–H groups in total. The minimum Gasteiger partial charge on any atom is -0.314 e. The molecule has 0 aliphatic heterocycles. The SMILES string of the molecule is CCNC(Cc1ccc(Cl)s1)CC1CC1. The van der Waals surface area contributed by atoms with Gasteiger partial charge in [-0.15, -0.1) is 11.3 Å². The summed E-state index contributed by atoms with van der Waals surface area (Å²) in [7, 11) is 0. The van der Waals surface area contributed by atoms with Gasteiger partial charge < -0.3 is 5.32 Å². The number of nitrogens with one attached hydrogen (secondary N) is 1. The maximum Gasteiger partial charge on any atom is 0.0931 e. The minimum absolute atomic E-state index is 0.650. The van der Waals surface area contributed by atoms with E-state index >= 15 is 0 Å². The molecule has 0 bridgehead atoms. The predicted molar refractivity (Wildman–Crippen MR) is 67.8 cm³/mol. The van der Waals surface area contributed by atoms with Crippen LogP contribution in [-0.4, -0.2) is 12.6 Å². The Kier molecular flexibility index (Phi) is 4.06. The third kappa shape index (κ3) is 3.78. The fourth-order valence-electron chi connectivity index (χ4n) is 1.99. The van der Waals surface area contributed by atoms with Crippen molar-refractivity contribution in [1.29, 1.82) is 0 Å². The van der Waals surface area contributed by atoms with Crippen molar-refractivity contribution < 1.29 is 0 Å². The van der Waals surface area contributed by atoms with Crippen LogP contribution in [0.25, 0.3) is 0 Å². The zero-order valence-corrected chi connectivity index (χ0v) is 10.7. The van der Waals surface area contributed by atoms with Crippen LogP contribution in [0.3, 0.4) is 0 Å². The Morgan fingerprint density at radius 1 is 1.53 bits per heavy atom. The molecule has 3 heteroatoms. The van der Waals surface area contributed by atoms with Crippen LogP contribution in [0.15, 0.2) is 12.1 Å². The van der Waals surface area contributed by atoms with Crippen LogP contribution in [0, 0.1) is 5.92 Å². The van der Waals surface area contributed by atoms with E-state index < -0.39 is 0 Å². The lowest BCUT2D eigenvalue weighted by Gasteiger charge is -2.16. The Morgan fingerprint density at radius 3 is 2.87 bits per heavy atom. The topological polar surface area (TPSA) is 12.0 Å². The molecule has 1 atom stereocenters. The van der Waals surface area contributed by atoms with Gasteiger partial charge in [-0.3, -0.25) is 0 Å². The Morgan fingerprint density at radius 2 is 2.33 bits per heavy atom. The fourth-order valence-corrected chi connectivity index (χ4v) is 3.16. The van der Waals surface area contributed by atoms with Gasteiger partial charge in [-0.25, -0.2) is 0 Å². The first-order chi connectivity index (χ1) is 7.28. The molecule has 1 aromatic heterocycles. The molecule has 84 valence electrons. The first kappa shape index (κ1) is 11.4. The molecule has 0 aromatic carbocycles. The summed E-state index contributed by atoms with van der Waals surface area (Å²) in [5.41, 5.74) is 0. The summed E-state index contributed by atoms with van der Waals surface area (Å²) in [5, 5.41) is 3.58. The van der Waals surface area contributed by atoms with Crippen LogP contribution in [-0.2, 0) is 6.42 Å². The van der Waals surface area contributed by atoms with Crippen molar-refractivity contribution in [3.8, 4) is 0 Å². The van der Waals surface area contributed by atoms with Crippen molar-refractivity contribution in [1.82, 2.24) is 5.32 Å². The molecule has 2 rings (SSSR count). The number of likely N-dealkylation sites (N-methyl/N-ethyl adjacent to an activating group) is 1. The number of hydrogen-bond donors (Lipinski definition) is 1. The maximum atomic E-state index is 5.94. The highest BCUT2D eigenvalue weighted by molar-refractivity contribution is 7.16. The van der Waals surface area contributed by atoms with Crippen molar-refractivity contribution in [3.05, 3.63) is 21.3 Å². The Balaban J connectivity index is 1.86. The van der Waals surface area contributed by atoms with Gasteiger partial charge in [0.25, 0.3) is 0 Å². The molecule has 1 heterocycles. The van der Waals surface area contributed by atoms with Gasteiger partial charge in [0.05, 0.1) is 4.34 Å². The number of hydrogen-bond acceptors (Lipinski definition) is 2. The van der Waals surface area contributed by atoms with Crippen LogP contribution in [0.5, 0.6) is 0 Å². The zero-order valence-electron chi connectivity index (χ0n) is 9.13. The summed E-state index contributed by atoms with van der Waals surface area (Å²) in [6.45, 7) is 3.25. The lowest BCUT2D eigenvalue weighted by atomic mass is 10.1. The Bertz CT molecular complexity index is 306. The van der Waals surface area contributed by atoms with Crippen LogP contribution in [0.1, 0.15) is 31.1 Å². The number of halogens is 1. The van der Waals surface area contributed by atoms with E-state index in [1.807, 2.05) is 6.07 Å². The van der Waals surface area contributed by atoms with Crippen molar-refractivity contribution >= 4 is 22.9 Å². The van der Waals surface area contributed by atoms with Gasteiger partial charge in [-0.05, 0) is 37.4 Å². The van der Waals surface area contributed by atoms with Crippen molar-refractivity contribution in [2.75, 3.05) is 6.54 Å². The molecular weight excluding hydrogens is 226 g/mol. The maximum absolute atomic E-state index is 5.94. The predicted octanol–water partition coefficient (Wildman–Crippen LogP) is 3.72. The van der Waals surface area contributed by atoms with E-state index in [9.17, 15) is 0 Å². The summed E-state index contributed by atoms with van der Waals surface area (Å²) in [5.74, 6) is 0.990. The summed E-state index contributed by atoms with van der Waals surface area (Å²) in [6.07, 6.45) is 5.35. The standard InChI is InChI=1S/C12H18ClNS/c1-2-14-10(7-9-3-4-9)8-11-5-6-12(13)15-11/h5-6,9-10,14H,2-4,7-8H2,1H3. The second-order valence-corrected chi connectivity index (χ2v) is 6.14. The highest BCUT2D eigenvalue weighted by atomic mass is 35.5. The second kappa shape index (κ2) is 5.33. The van der Waals surface area contributed by atoms with Gasteiger partial charge in [-0.1, -0.05) is 31.4 Å². The highest BCUT2D eigenvalue weighted by Gasteiger charge is 2.25. The second-order valence-electron chi connectivity index (χ2n) is 4.34. The van der Waals surface area contributed by atoms with Gasteiger partial charge in [0.2, 0.25) is 0 Å². The summed E-state index contributed by atoms with van der Waals surface area (Å²) in [6, 6.07) is 4.81. The minimum atomic E-state index is 0.650. The van der Waals surface area contributed by atoms with E-state index in [1.54, 1.807) is 11.3 Å². The molecule has 1 unspecified atom stereocenters. The molecular formula is C12H18ClNS.